The lowest BCUT2D eigenvalue weighted by Crippen LogP contribution is -2.40. The van der Waals surface area contributed by atoms with Crippen LogP contribution in [-0.4, -0.2) is 55.3 Å². The van der Waals surface area contributed by atoms with Crippen LogP contribution in [0.4, 0.5) is 0 Å². The number of aromatic nitrogens is 4. The lowest BCUT2D eigenvalue weighted by molar-refractivity contribution is -0.130. The van der Waals surface area contributed by atoms with Gasteiger partial charge in [0.2, 0.25) is 5.91 Å². The fourth-order valence-corrected chi connectivity index (χ4v) is 5.42. The number of halogens is 1. The van der Waals surface area contributed by atoms with E-state index in [2.05, 4.69) is 10.3 Å². The van der Waals surface area contributed by atoms with Crippen molar-refractivity contribution in [2.75, 3.05) is 13.1 Å². The van der Waals surface area contributed by atoms with Crippen molar-refractivity contribution < 1.29 is 14.3 Å². The summed E-state index contributed by atoms with van der Waals surface area (Å²) in [5, 5.41) is 8.54. The van der Waals surface area contributed by atoms with Crippen molar-refractivity contribution in [2.24, 2.45) is 0 Å². The van der Waals surface area contributed by atoms with Gasteiger partial charge in [0, 0.05) is 64.0 Å². The van der Waals surface area contributed by atoms with Crippen molar-refractivity contribution in [1.29, 1.82) is 0 Å². The van der Waals surface area contributed by atoms with Gasteiger partial charge in [0.1, 0.15) is 17.5 Å². The quantitative estimate of drug-likeness (QED) is 0.302. The average molecular weight is 552 g/mol. The van der Waals surface area contributed by atoms with E-state index in [-0.39, 0.29) is 23.4 Å². The lowest BCUT2D eigenvalue weighted by Gasteiger charge is -2.32. The zero-order valence-electron chi connectivity index (χ0n) is 20.7. The molecule has 1 fully saturated rings. The summed E-state index contributed by atoms with van der Waals surface area (Å²) in [5.41, 5.74) is 1.85. The molecule has 11 heteroatoms. The van der Waals surface area contributed by atoms with E-state index in [1.165, 1.54) is 17.4 Å². The third kappa shape index (κ3) is 5.87. The highest BCUT2D eigenvalue weighted by atomic mass is 35.5. The zero-order chi connectivity index (χ0) is 26.6. The Morgan fingerprint density at radius 3 is 2.66 bits per heavy atom. The fourth-order valence-electron chi connectivity index (χ4n) is 4.40. The van der Waals surface area contributed by atoms with E-state index < -0.39 is 0 Å². The van der Waals surface area contributed by atoms with Crippen molar-refractivity contribution in [3.05, 3.63) is 86.2 Å². The fraction of sp³-hybridized carbons (Fsp3) is 0.296. The van der Waals surface area contributed by atoms with Gasteiger partial charge in [-0.05, 0) is 30.3 Å². The maximum atomic E-state index is 12.5. The summed E-state index contributed by atoms with van der Waals surface area (Å²) < 4.78 is 10.2. The Kier molecular flexibility index (Phi) is 7.71. The number of carbonyl (C=O) groups is 2. The van der Waals surface area contributed by atoms with E-state index in [0.29, 0.717) is 70.8 Å². The number of hydrogen-bond donors (Lipinski definition) is 0. The summed E-state index contributed by atoms with van der Waals surface area (Å²) in [6, 6.07) is 13.9. The maximum Gasteiger partial charge on any atom is 0.255 e. The summed E-state index contributed by atoms with van der Waals surface area (Å²) >= 11 is 7.22. The second-order valence-corrected chi connectivity index (χ2v) is 10.8. The molecule has 1 aliphatic heterocycles. The van der Waals surface area contributed by atoms with E-state index in [9.17, 15) is 14.4 Å². The Bertz CT molecular complexity index is 1520. The molecule has 1 aromatic carbocycles. The Morgan fingerprint density at radius 2 is 1.95 bits per heavy atom. The number of nitrogens with zero attached hydrogens (tertiary/aromatic N) is 5. The number of ether oxygens (including phenoxy) is 1. The molecule has 1 saturated heterocycles. The van der Waals surface area contributed by atoms with Gasteiger partial charge in [0.15, 0.2) is 5.78 Å². The predicted molar refractivity (Wildman–Crippen MR) is 145 cm³/mol. The number of piperidine rings is 1. The second-order valence-electron chi connectivity index (χ2n) is 9.07. The van der Waals surface area contributed by atoms with E-state index in [1.54, 1.807) is 52.8 Å². The molecular weight excluding hydrogens is 526 g/mol. The highest BCUT2D eigenvalue weighted by molar-refractivity contribution is 7.18. The number of pyridine rings is 1. The molecule has 0 saturated carbocycles. The normalized spacial score (nSPS) is 14.0. The third-order valence-corrected chi connectivity index (χ3v) is 7.74. The molecule has 1 aliphatic rings. The molecule has 38 heavy (non-hydrogen) atoms. The summed E-state index contributed by atoms with van der Waals surface area (Å²) in [4.78, 5) is 39.1. The van der Waals surface area contributed by atoms with E-state index in [1.807, 2.05) is 23.1 Å². The third-order valence-electron chi connectivity index (χ3n) is 6.47. The van der Waals surface area contributed by atoms with Crippen LogP contribution in [0.15, 0.2) is 65.7 Å². The highest BCUT2D eigenvalue weighted by Crippen LogP contribution is 2.29. The summed E-state index contributed by atoms with van der Waals surface area (Å²) in [6.07, 6.45) is 5.53. The summed E-state index contributed by atoms with van der Waals surface area (Å²) in [6.45, 7) is 2.83. The van der Waals surface area contributed by atoms with Gasteiger partial charge in [-0.25, -0.2) is 4.68 Å². The van der Waals surface area contributed by atoms with Crippen LogP contribution in [0.2, 0.25) is 4.34 Å². The first-order valence-corrected chi connectivity index (χ1v) is 13.5. The Morgan fingerprint density at radius 1 is 1.13 bits per heavy atom. The highest BCUT2D eigenvalue weighted by Gasteiger charge is 2.24. The van der Waals surface area contributed by atoms with Crippen molar-refractivity contribution >= 4 is 34.6 Å². The predicted octanol–water partition coefficient (Wildman–Crippen LogP) is 4.34. The van der Waals surface area contributed by atoms with Gasteiger partial charge in [-0.1, -0.05) is 22.9 Å². The SMILES string of the molecule is CC(=O)N1CCC(Oc2cc(-n3ccccc3=O)ccc2-n2cc(CCC(=O)c3ccc(Cl)s3)nn2)CC1. The first-order chi connectivity index (χ1) is 18.4. The van der Waals surface area contributed by atoms with Crippen LogP contribution in [0, 0.1) is 0 Å². The molecule has 196 valence electrons. The number of benzene rings is 1. The molecule has 0 atom stereocenters. The van der Waals surface area contributed by atoms with Gasteiger partial charge in [-0.2, -0.15) is 0 Å². The van der Waals surface area contributed by atoms with Crippen LogP contribution in [0.25, 0.3) is 11.4 Å². The van der Waals surface area contributed by atoms with Crippen molar-refractivity contribution in [2.45, 2.75) is 38.7 Å². The topological polar surface area (TPSA) is 99.3 Å². The number of Topliss-reactive ketones (excluding diaryl/α,β-unsaturated/α-hetero) is 1. The molecular formula is C27H26ClN5O4S. The minimum atomic E-state index is -0.152. The minimum absolute atomic E-state index is 0.00929. The van der Waals surface area contributed by atoms with Crippen LogP contribution >= 0.6 is 22.9 Å². The molecule has 0 radical (unpaired) electrons. The number of hydrogen-bond acceptors (Lipinski definition) is 7. The monoisotopic (exact) mass is 551 g/mol. The maximum absolute atomic E-state index is 12.5. The Labute approximate surface area is 228 Å². The van der Waals surface area contributed by atoms with Crippen LogP contribution in [-0.2, 0) is 11.2 Å². The molecule has 5 rings (SSSR count). The van der Waals surface area contributed by atoms with Crippen LogP contribution < -0.4 is 10.3 Å². The molecule has 4 heterocycles. The summed E-state index contributed by atoms with van der Waals surface area (Å²) in [5.74, 6) is 0.626. The van der Waals surface area contributed by atoms with Gasteiger partial charge in [-0.15, -0.1) is 16.4 Å². The molecule has 0 N–H and O–H groups in total. The standard InChI is InChI=1S/C27H26ClN5O4S/c1-18(34)31-14-11-21(12-15-31)37-24-16-20(32-13-3-2-4-27(32)36)6-7-22(24)33-17-19(29-30-33)5-8-23(35)25-9-10-26(28)38-25/h2-4,6-7,9-10,13,16-17,21H,5,8,11-12,14-15H2,1H3. The molecule has 0 aliphatic carbocycles. The number of aryl methyl sites for hydroxylation is 1. The van der Waals surface area contributed by atoms with E-state index >= 15 is 0 Å². The van der Waals surface area contributed by atoms with Crippen molar-refractivity contribution in [3.63, 3.8) is 0 Å². The number of thiophene rings is 1. The first kappa shape index (κ1) is 25.9. The molecule has 0 spiro atoms. The Hall–Kier alpha value is -3.76. The average Bonchev–Trinajstić information content (AvgIpc) is 3.57. The van der Waals surface area contributed by atoms with Crippen LogP contribution in [0.3, 0.4) is 0 Å². The largest absolute Gasteiger partial charge is 0.488 e. The van der Waals surface area contributed by atoms with Gasteiger partial charge >= 0.3 is 0 Å². The number of rotatable bonds is 8. The smallest absolute Gasteiger partial charge is 0.255 e. The lowest BCUT2D eigenvalue weighted by atomic mass is 10.1. The number of carbonyl (C=O) groups excluding carboxylic acids is 2. The molecule has 3 aromatic heterocycles. The van der Waals surface area contributed by atoms with E-state index in [4.69, 9.17) is 16.3 Å². The molecule has 1 amide bonds. The first-order valence-electron chi connectivity index (χ1n) is 12.3. The molecule has 0 unspecified atom stereocenters. The number of ketones is 1. The molecule has 0 bridgehead atoms. The second kappa shape index (κ2) is 11.3. The van der Waals surface area contributed by atoms with Gasteiger partial charge in [-0.3, -0.25) is 19.0 Å². The van der Waals surface area contributed by atoms with Crippen molar-refractivity contribution in [1.82, 2.24) is 24.5 Å². The number of likely N-dealkylation sites (tertiary alicyclic amines) is 1. The Balaban J connectivity index is 1.38. The number of amides is 1. The molecule has 4 aromatic rings. The van der Waals surface area contributed by atoms with Gasteiger partial charge < -0.3 is 9.64 Å². The van der Waals surface area contributed by atoms with Gasteiger partial charge in [0.05, 0.1) is 26.8 Å². The van der Waals surface area contributed by atoms with Crippen LogP contribution in [0.1, 0.15) is 41.6 Å². The summed E-state index contributed by atoms with van der Waals surface area (Å²) in [7, 11) is 0. The van der Waals surface area contributed by atoms with Crippen molar-refractivity contribution in [3.8, 4) is 17.1 Å². The zero-order valence-corrected chi connectivity index (χ0v) is 22.3. The van der Waals surface area contributed by atoms with E-state index in [0.717, 1.165) is 0 Å². The van der Waals surface area contributed by atoms with Crippen LogP contribution in [0.5, 0.6) is 5.75 Å². The molecule has 9 nitrogen and oxygen atoms in total. The van der Waals surface area contributed by atoms with Gasteiger partial charge in [0.25, 0.3) is 5.56 Å². The minimum Gasteiger partial charge on any atom is -0.488 e.